The number of benzene rings is 2. The van der Waals surface area contributed by atoms with Crippen LogP contribution < -0.4 is 5.73 Å². The first-order valence-corrected chi connectivity index (χ1v) is 7.80. The SMILES string of the molecule is NCC(c1ccc(F)cc1F)C(O)c1cc(Br)cc(Br)c1. The van der Waals surface area contributed by atoms with Crippen LogP contribution in [-0.4, -0.2) is 11.7 Å². The molecule has 2 rings (SSSR count). The third kappa shape index (κ3) is 3.88. The Balaban J connectivity index is 2.40. The summed E-state index contributed by atoms with van der Waals surface area (Å²) in [5.74, 6) is -2.03. The van der Waals surface area contributed by atoms with Crippen molar-refractivity contribution in [3.8, 4) is 0 Å². The molecule has 0 amide bonds. The summed E-state index contributed by atoms with van der Waals surface area (Å²) >= 11 is 6.67. The summed E-state index contributed by atoms with van der Waals surface area (Å²) in [6, 6.07) is 8.57. The monoisotopic (exact) mass is 419 g/mol. The van der Waals surface area contributed by atoms with Gasteiger partial charge in [0.2, 0.25) is 0 Å². The molecule has 0 aliphatic rings. The second kappa shape index (κ2) is 6.96. The van der Waals surface area contributed by atoms with E-state index in [0.717, 1.165) is 21.1 Å². The van der Waals surface area contributed by atoms with Crippen LogP contribution in [0.15, 0.2) is 45.3 Å². The van der Waals surface area contributed by atoms with Gasteiger partial charge in [0.1, 0.15) is 11.6 Å². The average Bonchev–Trinajstić information content (AvgIpc) is 2.40. The fourth-order valence-electron chi connectivity index (χ4n) is 2.21. The van der Waals surface area contributed by atoms with E-state index in [4.69, 9.17) is 5.73 Å². The lowest BCUT2D eigenvalue weighted by molar-refractivity contribution is 0.145. The van der Waals surface area contributed by atoms with E-state index in [9.17, 15) is 13.9 Å². The maximum Gasteiger partial charge on any atom is 0.129 e. The van der Waals surface area contributed by atoms with Gasteiger partial charge in [-0.3, -0.25) is 0 Å². The van der Waals surface area contributed by atoms with Gasteiger partial charge in [-0.25, -0.2) is 8.78 Å². The molecule has 0 aliphatic carbocycles. The summed E-state index contributed by atoms with van der Waals surface area (Å²) in [5.41, 5.74) is 6.47. The van der Waals surface area contributed by atoms with Crippen LogP contribution in [0, 0.1) is 11.6 Å². The molecule has 0 bridgehead atoms. The third-order valence-electron chi connectivity index (χ3n) is 3.22. The second-order valence-electron chi connectivity index (χ2n) is 4.66. The Morgan fingerprint density at radius 1 is 1.05 bits per heavy atom. The van der Waals surface area contributed by atoms with Crippen molar-refractivity contribution in [2.24, 2.45) is 5.73 Å². The van der Waals surface area contributed by atoms with E-state index in [2.05, 4.69) is 31.9 Å². The van der Waals surface area contributed by atoms with Gasteiger partial charge in [-0.05, 0) is 35.4 Å². The van der Waals surface area contributed by atoms with Crippen LogP contribution in [-0.2, 0) is 0 Å². The Bertz CT molecular complexity index is 631. The fraction of sp³-hybridized carbons (Fsp3) is 0.200. The van der Waals surface area contributed by atoms with Crippen molar-refractivity contribution in [2.45, 2.75) is 12.0 Å². The van der Waals surface area contributed by atoms with Crippen LogP contribution in [0.2, 0.25) is 0 Å². The van der Waals surface area contributed by atoms with Gasteiger partial charge in [0, 0.05) is 27.5 Å². The van der Waals surface area contributed by atoms with Crippen molar-refractivity contribution < 1.29 is 13.9 Å². The van der Waals surface area contributed by atoms with Gasteiger partial charge in [0.05, 0.1) is 6.10 Å². The molecule has 0 heterocycles. The minimum Gasteiger partial charge on any atom is -0.388 e. The number of hydrogen-bond acceptors (Lipinski definition) is 2. The van der Waals surface area contributed by atoms with Gasteiger partial charge in [0.25, 0.3) is 0 Å². The number of aliphatic hydroxyl groups is 1. The molecule has 0 saturated heterocycles. The Kier molecular flexibility index (Phi) is 5.48. The van der Waals surface area contributed by atoms with Crippen LogP contribution in [0.5, 0.6) is 0 Å². The highest BCUT2D eigenvalue weighted by Gasteiger charge is 2.25. The molecule has 2 nitrogen and oxygen atoms in total. The van der Waals surface area contributed by atoms with E-state index < -0.39 is 23.7 Å². The zero-order valence-electron chi connectivity index (χ0n) is 10.9. The third-order valence-corrected chi connectivity index (χ3v) is 4.14. The number of halogens is 4. The van der Waals surface area contributed by atoms with E-state index in [0.29, 0.717) is 5.56 Å². The predicted molar refractivity (Wildman–Crippen MR) is 85.0 cm³/mol. The molecule has 2 atom stereocenters. The summed E-state index contributed by atoms with van der Waals surface area (Å²) in [7, 11) is 0. The molecule has 0 saturated carbocycles. The smallest absolute Gasteiger partial charge is 0.129 e. The van der Waals surface area contributed by atoms with E-state index >= 15 is 0 Å². The van der Waals surface area contributed by atoms with E-state index in [1.165, 1.54) is 6.07 Å². The molecule has 0 fully saturated rings. The largest absolute Gasteiger partial charge is 0.388 e. The molecule has 0 spiro atoms. The Morgan fingerprint density at radius 2 is 1.67 bits per heavy atom. The Hall–Kier alpha value is -0.820. The minimum atomic E-state index is -0.997. The fourth-order valence-corrected chi connectivity index (χ4v) is 3.54. The lowest BCUT2D eigenvalue weighted by atomic mass is 9.89. The normalized spacial score (nSPS) is 14.0. The predicted octanol–water partition coefficient (Wildman–Crippen LogP) is 4.27. The molecule has 0 aromatic heterocycles. The highest BCUT2D eigenvalue weighted by atomic mass is 79.9. The molecule has 6 heteroatoms. The van der Waals surface area contributed by atoms with Crippen molar-refractivity contribution >= 4 is 31.9 Å². The number of hydrogen-bond donors (Lipinski definition) is 2. The molecule has 2 aromatic rings. The number of rotatable bonds is 4. The van der Waals surface area contributed by atoms with Crippen molar-refractivity contribution in [1.29, 1.82) is 0 Å². The minimum absolute atomic E-state index is 0.0356. The highest BCUT2D eigenvalue weighted by Crippen LogP contribution is 2.34. The van der Waals surface area contributed by atoms with Crippen molar-refractivity contribution in [3.63, 3.8) is 0 Å². The zero-order chi connectivity index (χ0) is 15.6. The quantitative estimate of drug-likeness (QED) is 0.775. The van der Waals surface area contributed by atoms with Crippen LogP contribution >= 0.6 is 31.9 Å². The van der Waals surface area contributed by atoms with Crippen LogP contribution in [0.1, 0.15) is 23.1 Å². The van der Waals surface area contributed by atoms with E-state index in [-0.39, 0.29) is 12.1 Å². The highest BCUT2D eigenvalue weighted by molar-refractivity contribution is 9.11. The Morgan fingerprint density at radius 3 is 2.19 bits per heavy atom. The zero-order valence-corrected chi connectivity index (χ0v) is 14.0. The van der Waals surface area contributed by atoms with Crippen LogP contribution in [0.3, 0.4) is 0 Å². The lowest BCUT2D eigenvalue weighted by Crippen LogP contribution is -2.21. The molecule has 0 radical (unpaired) electrons. The topological polar surface area (TPSA) is 46.2 Å². The molecule has 3 N–H and O–H groups in total. The number of aliphatic hydroxyl groups excluding tert-OH is 1. The second-order valence-corrected chi connectivity index (χ2v) is 6.49. The van der Waals surface area contributed by atoms with Gasteiger partial charge < -0.3 is 10.8 Å². The van der Waals surface area contributed by atoms with Gasteiger partial charge in [-0.1, -0.05) is 37.9 Å². The molecule has 112 valence electrons. The summed E-state index contributed by atoms with van der Waals surface area (Å²) in [5, 5.41) is 10.5. The number of nitrogens with two attached hydrogens (primary N) is 1. The lowest BCUT2D eigenvalue weighted by Gasteiger charge is -2.23. The molecule has 2 unspecified atom stereocenters. The van der Waals surface area contributed by atoms with Crippen LogP contribution in [0.4, 0.5) is 8.78 Å². The van der Waals surface area contributed by atoms with Crippen molar-refractivity contribution in [3.05, 3.63) is 68.1 Å². The maximum absolute atomic E-state index is 13.9. The van der Waals surface area contributed by atoms with E-state index in [1.54, 1.807) is 12.1 Å². The first kappa shape index (κ1) is 16.5. The summed E-state index contributed by atoms with van der Waals surface area (Å²) in [6.45, 7) is 0.0356. The van der Waals surface area contributed by atoms with Crippen LogP contribution in [0.25, 0.3) is 0 Å². The maximum atomic E-state index is 13.9. The first-order valence-electron chi connectivity index (χ1n) is 6.21. The Labute approximate surface area is 138 Å². The molecular formula is C15H13Br2F2NO. The standard InChI is InChI=1S/C15H13Br2F2NO/c16-9-3-8(4-10(17)5-9)15(21)13(7-20)12-2-1-11(18)6-14(12)19/h1-6,13,15,21H,7,20H2. The molecule has 2 aromatic carbocycles. The summed E-state index contributed by atoms with van der Waals surface area (Å²) in [6.07, 6.45) is -0.997. The summed E-state index contributed by atoms with van der Waals surface area (Å²) < 4.78 is 28.5. The van der Waals surface area contributed by atoms with Gasteiger partial charge >= 0.3 is 0 Å². The van der Waals surface area contributed by atoms with E-state index in [1.807, 2.05) is 6.07 Å². The first-order chi connectivity index (χ1) is 9.92. The molecule has 0 aliphatic heterocycles. The average molecular weight is 421 g/mol. The van der Waals surface area contributed by atoms with Gasteiger partial charge in [-0.2, -0.15) is 0 Å². The van der Waals surface area contributed by atoms with Crippen molar-refractivity contribution in [2.75, 3.05) is 6.54 Å². The molecular weight excluding hydrogens is 408 g/mol. The van der Waals surface area contributed by atoms with Crippen molar-refractivity contribution in [1.82, 2.24) is 0 Å². The van der Waals surface area contributed by atoms with Gasteiger partial charge in [-0.15, -0.1) is 0 Å². The summed E-state index contributed by atoms with van der Waals surface area (Å²) in [4.78, 5) is 0. The van der Waals surface area contributed by atoms with Gasteiger partial charge in [0.15, 0.2) is 0 Å². The molecule has 21 heavy (non-hydrogen) atoms.